The monoisotopic (exact) mass is 355 g/mol. The van der Waals surface area contributed by atoms with Crippen LogP contribution in [0.5, 0.6) is 17.5 Å². The summed E-state index contributed by atoms with van der Waals surface area (Å²) in [4.78, 5) is 23.0. The van der Waals surface area contributed by atoms with Crippen molar-refractivity contribution in [2.75, 3.05) is 19.9 Å². The van der Waals surface area contributed by atoms with Gasteiger partial charge in [0.1, 0.15) is 6.10 Å². The number of benzene rings is 1. The van der Waals surface area contributed by atoms with Gasteiger partial charge in [0.05, 0.1) is 13.0 Å². The third kappa shape index (κ3) is 3.56. The predicted molar refractivity (Wildman–Crippen MR) is 93.4 cm³/mol. The highest BCUT2D eigenvalue weighted by molar-refractivity contribution is 5.79. The number of carbonyl (C=O) groups excluding carboxylic acids is 1. The van der Waals surface area contributed by atoms with Crippen LogP contribution in [0.3, 0.4) is 0 Å². The second kappa shape index (κ2) is 6.82. The first kappa shape index (κ1) is 16.6. The van der Waals surface area contributed by atoms with E-state index in [2.05, 4.69) is 9.97 Å². The Morgan fingerprint density at radius 2 is 1.96 bits per heavy atom. The third-order valence-electron chi connectivity index (χ3n) is 4.52. The standard InChI is InChI=1S/C19H21N3O4/c1-12-7-13(2)21-19(20-12)26-15-5-6-22(10-15)18(23)9-14-3-4-16-17(8-14)25-11-24-16/h3-4,7-8,15H,5-6,9-11H2,1-2H3/t15-/m1/s1. The lowest BCUT2D eigenvalue weighted by Gasteiger charge is -2.17. The molecule has 2 aromatic rings. The van der Waals surface area contributed by atoms with E-state index in [0.717, 1.165) is 29.1 Å². The van der Waals surface area contributed by atoms with Crippen molar-refractivity contribution in [3.63, 3.8) is 0 Å². The van der Waals surface area contributed by atoms with Crippen molar-refractivity contribution in [1.29, 1.82) is 0 Å². The first-order valence-corrected chi connectivity index (χ1v) is 8.72. The van der Waals surface area contributed by atoms with Crippen LogP contribution in [0.4, 0.5) is 0 Å². The van der Waals surface area contributed by atoms with Crippen LogP contribution < -0.4 is 14.2 Å². The summed E-state index contributed by atoms with van der Waals surface area (Å²) in [6.07, 6.45) is 1.05. The molecule has 1 fully saturated rings. The van der Waals surface area contributed by atoms with Crippen molar-refractivity contribution in [1.82, 2.24) is 14.9 Å². The summed E-state index contributed by atoms with van der Waals surface area (Å²) in [6, 6.07) is 7.91. The van der Waals surface area contributed by atoms with E-state index in [1.807, 2.05) is 43.0 Å². The second-order valence-corrected chi connectivity index (χ2v) is 6.67. The molecule has 0 spiro atoms. The molecule has 1 aromatic heterocycles. The number of hydrogen-bond acceptors (Lipinski definition) is 6. The van der Waals surface area contributed by atoms with Crippen LogP contribution in [-0.2, 0) is 11.2 Å². The molecule has 2 aliphatic rings. The van der Waals surface area contributed by atoms with Crippen molar-refractivity contribution >= 4 is 5.91 Å². The van der Waals surface area contributed by atoms with Gasteiger partial charge in [0.25, 0.3) is 0 Å². The minimum absolute atomic E-state index is 0.0723. The van der Waals surface area contributed by atoms with Crippen molar-refractivity contribution < 1.29 is 19.0 Å². The van der Waals surface area contributed by atoms with Gasteiger partial charge in [0.15, 0.2) is 11.5 Å². The molecule has 7 nitrogen and oxygen atoms in total. The van der Waals surface area contributed by atoms with Crippen LogP contribution in [0, 0.1) is 13.8 Å². The van der Waals surface area contributed by atoms with Crippen molar-refractivity contribution in [3.05, 3.63) is 41.2 Å². The molecule has 1 atom stereocenters. The zero-order chi connectivity index (χ0) is 18.1. The summed E-state index contributed by atoms with van der Waals surface area (Å²) >= 11 is 0. The fourth-order valence-corrected chi connectivity index (χ4v) is 3.28. The number of ether oxygens (including phenoxy) is 3. The van der Waals surface area contributed by atoms with Crippen LogP contribution in [0.15, 0.2) is 24.3 Å². The Morgan fingerprint density at radius 3 is 2.77 bits per heavy atom. The number of aromatic nitrogens is 2. The molecule has 1 amide bonds. The summed E-state index contributed by atoms with van der Waals surface area (Å²) in [5.74, 6) is 1.51. The molecular weight excluding hydrogens is 334 g/mol. The van der Waals surface area contributed by atoms with Gasteiger partial charge < -0.3 is 19.1 Å². The Hall–Kier alpha value is -2.83. The molecule has 4 rings (SSSR count). The lowest BCUT2D eigenvalue weighted by molar-refractivity contribution is -0.129. The van der Waals surface area contributed by atoms with Gasteiger partial charge in [-0.05, 0) is 37.6 Å². The van der Waals surface area contributed by atoms with Gasteiger partial charge in [0, 0.05) is 24.4 Å². The molecule has 0 N–H and O–H groups in total. The third-order valence-corrected chi connectivity index (χ3v) is 4.52. The number of likely N-dealkylation sites (tertiary alicyclic amines) is 1. The summed E-state index contributed by atoms with van der Waals surface area (Å²) in [5.41, 5.74) is 2.67. The van der Waals surface area contributed by atoms with Crippen molar-refractivity contribution in [3.8, 4) is 17.5 Å². The number of hydrogen-bond donors (Lipinski definition) is 0. The maximum Gasteiger partial charge on any atom is 0.317 e. The molecule has 0 radical (unpaired) electrons. The molecule has 1 aromatic carbocycles. The van der Waals surface area contributed by atoms with E-state index in [1.54, 1.807) is 0 Å². The smallest absolute Gasteiger partial charge is 0.317 e. The van der Waals surface area contributed by atoms with Gasteiger partial charge in [-0.2, -0.15) is 0 Å². The predicted octanol–water partition coefficient (Wildman–Crippen LogP) is 2.04. The fraction of sp³-hybridized carbons (Fsp3) is 0.421. The number of carbonyl (C=O) groups is 1. The molecule has 0 aliphatic carbocycles. The van der Waals surface area contributed by atoms with E-state index in [-0.39, 0.29) is 18.8 Å². The highest BCUT2D eigenvalue weighted by Gasteiger charge is 2.28. The molecule has 3 heterocycles. The minimum Gasteiger partial charge on any atom is -0.458 e. The average molecular weight is 355 g/mol. The maximum atomic E-state index is 12.6. The zero-order valence-corrected chi connectivity index (χ0v) is 14.9. The highest BCUT2D eigenvalue weighted by atomic mass is 16.7. The van der Waals surface area contributed by atoms with Crippen LogP contribution >= 0.6 is 0 Å². The number of aryl methyl sites for hydroxylation is 2. The normalized spacial score (nSPS) is 18.2. The second-order valence-electron chi connectivity index (χ2n) is 6.67. The van der Waals surface area contributed by atoms with Crippen LogP contribution in [0.2, 0.25) is 0 Å². The molecule has 7 heteroatoms. The van der Waals surface area contributed by atoms with E-state index >= 15 is 0 Å². The molecule has 0 bridgehead atoms. The van der Waals surface area contributed by atoms with Crippen molar-refractivity contribution in [2.45, 2.75) is 32.8 Å². The lowest BCUT2D eigenvalue weighted by atomic mass is 10.1. The summed E-state index contributed by atoms with van der Waals surface area (Å²) in [5, 5.41) is 0. The van der Waals surface area contributed by atoms with E-state index in [0.29, 0.717) is 31.3 Å². The molecule has 0 unspecified atom stereocenters. The molecule has 0 saturated carbocycles. The zero-order valence-electron chi connectivity index (χ0n) is 14.9. The molecule has 26 heavy (non-hydrogen) atoms. The summed E-state index contributed by atoms with van der Waals surface area (Å²) in [6.45, 7) is 5.30. The number of amides is 1. The van der Waals surface area contributed by atoms with Gasteiger partial charge in [-0.1, -0.05) is 6.07 Å². The Morgan fingerprint density at radius 1 is 1.19 bits per heavy atom. The summed E-state index contributed by atoms with van der Waals surface area (Å²) < 4.78 is 16.5. The van der Waals surface area contributed by atoms with Gasteiger partial charge >= 0.3 is 6.01 Å². The quantitative estimate of drug-likeness (QED) is 0.836. The Balaban J connectivity index is 1.35. The van der Waals surface area contributed by atoms with E-state index in [9.17, 15) is 4.79 Å². The van der Waals surface area contributed by atoms with Crippen molar-refractivity contribution in [2.24, 2.45) is 0 Å². The average Bonchev–Trinajstić information content (AvgIpc) is 3.22. The van der Waals surface area contributed by atoms with Crippen LogP contribution in [0.1, 0.15) is 23.4 Å². The van der Waals surface area contributed by atoms with E-state index < -0.39 is 0 Å². The fourth-order valence-electron chi connectivity index (χ4n) is 3.28. The van der Waals surface area contributed by atoms with Gasteiger partial charge in [-0.3, -0.25) is 4.79 Å². The van der Waals surface area contributed by atoms with E-state index in [4.69, 9.17) is 14.2 Å². The topological polar surface area (TPSA) is 73.8 Å². The van der Waals surface area contributed by atoms with Gasteiger partial charge in [-0.15, -0.1) is 0 Å². The number of rotatable bonds is 4. The minimum atomic E-state index is -0.0723. The van der Waals surface area contributed by atoms with Crippen LogP contribution in [-0.4, -0.2) is 46.8 Å². The largest absolute Gasteiger partial charge is 0.458 e. The Kier molecular flexibility index (Phi) is 4.36. The van der Waals surface area contributed by atoms with Gasteiger partial charge in [-0.25, -0.2) is 9.97 Å². The Labute approximate surface area is 151 Å². The van der Waals surface area contributed by atoms with Crippen LogP contribution in [0.25, 0.3) is 0 Å². The lowest BCUT2D eigenvalue weighted by Crippen LogP contribution is -2.32. The maximum absolute atomic E-state index is 12.6. The SMILES string of the molecule is Cc1cc(C)nc(O[C@@H]2CCN(C(=O)Cc3ccc4c(c3)OCO4)C2)n1. The Bertz CT molecular complexity index is 819. The van der Waals surface area contributed by atoms with Gasteiger partial charge in [0.2, 0.25) is 12.7 Å². The number of fused-ring (bicyclic) bond motifs is 1. The first-order valence-electron chi connectivity index (χ1n) is 8.72. The molecular formula is C19H21N3O4. The summed E-state index contributed by atoms with van der Waals surface area (Å²) in [7, 11) is 0. The van der Waals surface area contributed by atoms with E-state index in [1.165, 1.54) is 0 Å². The molecule has 2 aliphatic heterocycles. The first-order chi connectivity index (χ1) is 12.6. The highest BCUT2D eigenvalue weighted by Crippen LogP contribution is 2.32. The number of nitrogens with zero attached hydrogens (tertiary/aromatic N) is 3. The molecule has 136 valence electrons. The molecule has 1 saturated heterocycles.